The standard InChI is InChI=1S/C9H15ClO5/c1-7(2)8(12)4(5(10)11)15-6(14-3)9(7,8)13/h4-6,11-13H,1-3H3/t4-,5?,6-,8+,9-/m0/s1. The third-order valence-electron chi connectivity index (χ3n) is 3.91. The fourth-order valence-corrected chi connectivity index (χ4v) is 3.01. The first-order valence-corrected chi connectivity index (χ1v) is 5.14. The van der Waals surface area contributed by atoms with E-state index in [1.165, 1.54) is 7.11 Å². The Morgan fingerprint density at radius 1 is 1.33 bits per heavy atom. The number of alkyl halides is 1. The third kappa shape index (κ3) is 0.929. The van der Waals surface area contributed by atoms with Gasteiger partial charge in [-0.05, 0) is 0 Å². The summed E-state index contributed by atoms with van der Waals surface area (Å²) in [5, 5.41) is 29.8. The molecule has 6 heteroatoms. The number of halogens is 1. The molecule has 0 amide bonds. The maximum Gasteiger partial charge on any atom is 0.190 e. The number of aliphatic hydroxyl groups is 3. The van der Waals surface area contributed by atoms with Gasteiger partial charge in [-0.2, -0.15) is 0 Å². The SMILES string of the molecule is CO[C@H]1O[C@@H](C(O)Cl)[C@@]2(O)C(C)(C)[C@@]12O. The summed E-state index contributed by atoms with van der Waals surface area (Å²) < 4.78 is 10.1. The molecule has 2 aliphatic rings. The van der Waals surface area contributed by atoms with E-state index < -0.39 is 34.6 Å². The number of methoxy groups -OCH3 is 1. The Hall–Kier alpha value is 0.0900. The molecular weight excluding hydrogens is 224 g/mol. The highest BCUT2D eigenvalue weighted by molar-refractivity contribution is 6.20. The van der Waals surface area contributed by atoms with Crippen LogP contribution >= 0.6 is 11.6 Å². The Morgan fingerprint density at radius 2 is 1.87 bits per heavy atom. The summed E-state index contributed by atoms with van der Waals surface area (Å²) in [6.45, 7) is 3.35. The molecule has 88 valence electrons. The lowest BCUT2D eigenvalue weighted by molar-refractivity contribution is -0.203. The summed E-state index contributed by atoms with van der Waals surface area (Å²) in [5.74, 6) is 0. The highest BCUT2D eigenvalue weighted by Crippen LogP contribution is 2.73. The van der Waals surface area contributed by atoms with Crippen molar-refractivity contribution < 1.29 is 24.8 Å². The number of rotatable bonds is 2. The Kier molecular flexibility index (Phi) is 2.20. The van der Waals surface area contributed by atoms with Gasteiger partial charge in [-0.1, -0.05) is 25.4 Å². The lowest BCUT2D eigenvalue weighted by Crippen LogP contribution is -2.40. The minimum absolute atomic E-state index is 0.820. The highest BCUT2D eigenvalue weighted by atomic mass is 35.5. The molecule has 1 saturated heterocycles. The summed E-state index contributed by atoms with van der Waals surface area (Å²) in [6, 6.07) is 0. The molecule has 5 nitrogen and oxygen atoms in total. The van der Waals surface area contributed by atoms with Gasteiger partial charge in [0.1, 0.15) is 11.7 Å². The number of hydrogen-bond acceptors (Lipinski definition) is 5. The van der Waals surface area contributed by atoms with Crippen LogP contribution in [0.4, 0.5) is 0 Å². The van der Waals surface area contributed by atoms with Crippen molar-refractivity contribution in [3.8, 4) is 0 Å². The summed E-state index contributed by atoms with van der Waals surface area (Å²) >= 11 is 5.51. The van der Waals surface area contributed by atoms with Crippen LogP contribution < -0.4 is 0 Å². The molecule has 2 rings (SSSR count). The molecule has 5 atom stereocenters. The number of fused-ring (bicyclic) bond motifs is 1. The smallest absolute Gasteiger partial charge is 0.190 e. The molecule has 15 heavy (non-hydrogen) atoms. The fraction of sp³-hybridized carbons (Fsp3) is 1.00. The third-order valence-corrected chi connectivity index (χ3v) is 4.14. The molecule has 3 N–H and O–H groups in total. The van der Waals surface area contributed by atoms with Crippen molar-refractivity contribution in [1.82, 2.24) is 0 Å². The van der Waals surface area contributed by atoms with Gasteiger partial charge in [0.15, 0.2) is 17.5 Å². The second-order valence-corrected chi connectivity index (χ2v) is 5.10. The normalized spacial score (nSPS) is 53.8. The zero-order valence-corrected chi connectivity index (χ0v) is 9.52. The number of hydrogen-bond donors (Lipinski definition) is 3. The van der Waals surface area contributed by atoms with E-state index in [0.29, 0.717) is 0 Å². The van der Waals surface area contributed by atoms with E-state index in [1.54, 1.807) is 13.8 Å². The van der Waals surface area contributed by atoms with Gasteiger partial charge in [-0.15, -0.1) is 0 Å². The van der Waals surface area contributed by atoms with Gasteiger partial charge in [0.2, 0.25) is 0 Å². The molecule has 0 spiro atoms. The average Bonchev–Trinajstić information content (AvgIpc) is 2.41. The highest BCUT2D eigenvalue weighted by Gasteiger charge is 2.93. The Balaban J connectivity index is 2.39. The summed E-state index contributed by atoms with van der Waals surface area (Å²) in [7, 11) is 1.36. The first-order valence-electron chi connectivity index (χ1n) is 4.70. The molecular formula is C9H15ClO5. The molecule has 1 aliphatic carbocycles. The zero-order chi connectivity index (χ0) is 11.6. The van der Waals surface area contributed by atoms with Crippen molar-refractivity contribution in [3.05, 3.63) is 0 Å². The van der Waals surface area contributed by atoms with Gasteiger partial charge in [0, 0.05) is 12.5 Å². The van der Waals surface area contributed by atoms with Crippen molar-refractivity contribution >= 4 is 11.6 Å². The predicted octanol–water partition coefficient (Wildman–Crippen LogP) is -0.583. The van der Waals surface area contributed by atoms with Crippen LogP contribution in [0.15, 0.2) is 0 Å². The maximum absolute atomic E-state index is 10.3. The van der Waals surface area contributed by atoms with E-state index >= 15 is 0 Å². The first kappa shape index (κ1) is 11.6. The minimum Gasteiger partial charge on any atom is -0.383 e. The molecule has 1 unspecified atom stereocenters. The van der Waals surface area contributed by atoms with Gasteiger partial charge in [-0.25, -0.2) is 0 Å². The van der Waals surface area contributed by atoms with Crippen LogP contribution in [0.2, 0.25) is 0 Å². The fourth-order valence-electron chi connectivity index (χ4n) is 2.76. The van der Waals surface area contributed by atoms with E-state index in [2.05, 4.69) is 0 Å². The molecule has 1 heterocycles. The summed E-state index contributed by atoms with van der Waals surface area (Å²) in [6.07, 6.45) is -2.03. The van der Waals surface area contributed by atoms with Crippen LogP contribution in [0.1, 0.15) is 13.8 Å². The van der Waals surface area contributed by atoms with E-state index in [0.717, 1.165) is 0 Å². The molecule has 1 saturated carbocycles. The lowest BCUT2D eigenvalue weighted by Gasteiger charge is -2.26. The van der Waals surface area contributed by atoms with Crippen LogP contribution in [0, 0.1) is 5.41 Å². The molecule has 0 bridgehead atoms. The van der Waals surface area contributed by atoms with Crippen LogP contribution in [0.3, 0.4) is 0 Å². The van der Waals surface area contributed by atoms with Crippen LogP contribution in [-0.4, -0.2) is 51.6 Å². The predicted molar refractivity (Wildman–Crippen MR) is 51.2 cm³/mol. The van der Waals surface area contributed by atoms with Gasteiger partial charge in [0.25, 0.3) is 0 Å². The van der Waals surface area contributed by atoms with E-state index in [1.807, 2.05) is 0 Å². The van der Waals surface area contributed by atoms with Gasteiger partial charge in [-0.3, -0.25) is 0 Å². The number of aliphatic hydroxyl groups excluding tert-OH is 1. The zero-order valence-electron chi connectivity index (χ0n) is 8.77. The average molecular weight is 239 g/mol. The monoisotopic (exact) mass is 238 g/mol. The van der Waals surface area contributed by atoms with Gasteiger partial charge < -0.3 is 24.8 Å². The van der Waals surface area contributed by atoms with Crippen LogP contribution in [-0.2, 0) is 9.47 Å². The molecule has 0 aromatic rings. The Bertz CT molecular complexity index is 294. The van der Waals surface area contributed by atoms with E-state index in [-0.39, 0.29) is 0 Å². The maximum atomic E-state index is 10.3. The number of ether oxygens (including phenoxy) is 2. The van der Waals surface area contributed by atoms with Crippen molar-refractivity contribution in [2.75, 3.05) is 7.11 Å². The van der Waals surface area contributed by atoms with Crippen molar-refractivity contribution in [3.63, 3.8) is 0 Å². The van der Waals surface area contributed by atoms with E-state index in [9.17, 15) is 15.3 Å². The lowest BCUT2D eigenvalue weighted by atomic mass is 10.0. The second kappa shape index (κ2) is 2.85. The Labute approximate surface area is 92.6 Å². The van der Waals surface area contributed by atoms with Crippen molar-refractivity contribution in [2.45, 2.75) is 43.0 Å². The van der Waals surface area contributed by atoms with Crippen molar-refractivity contribution in [1.29, 1.82) is 0 Å². The first-order chi connectivity index (χ1) is 6.75. The van der Waals surface area contributed by atoms with Crippen LogP contribution in [0.25, 0.3) is 0 Å². The molecule has 0 aromatic heterocycles. The molecule has 0 aromatic carbocycles. The minimum atomic E-state index is -1.57. The summed E-state index contributed by atoms with van der Waals surface area (Å²) in [4.78, 5) is 0. The molecule has 2 fully saturated rings. The van der Waals surface area contributed by atoms with Gasteiger partial charge in [0.05, 0.1) is 0 Å². The largest absolute Gasteiger partial charge is 0.383 e. The van der Waals surface area contributed by atoms with Crippen molar-refractivity contribution in [2.24, 2.45) is 5.41 Å². The van der Waals surface area contributed by atoms with Gasteiger partial charge >= 0.3 is 0 Å². The molecule has 1 aliphatic heterocycles. The van der Waals surface area contributed by atoms with E-state index in [4.69, 9.17) is 21.1 Å². The summed E-state index contributed by atoms with van der Waals surface area (Å²) in [5.41, 5.74) is -5.29. The Morgan fingerprint density at radius 3 is 2.13 bits per heavy atom. The second-order valence-electron chi connectivity index (χ2n) is 4.65. The van der Waals surface area contributed by atoms with Crippen LogP contribution in [0.5, 0.6) is 0 Å². The quantitative estimate of drug-likeness (QED) is 0.561. The molecule has 0 radical (unpaired) electrons. The topological polar surface area (TPSA) is 79.2 Å².